The van der Waals surface area contributed by atoms with E-state index < -0.39 is 5.82 Å². The molecule has 2 aliphatic rings. The van der Waals surface area contributed by atoms with Crippen molar-refractivity contribution in [1.82, 2.24) is 35.0 Å². The number of benzene rings is 2. The van der Waals surface area contributed by atoms with Crippen LogP contribution >= 0.6 is 11.6 Å². The summed E-state index contributed by atoms with van der Waals surface area (Å²) in [5, 5.41) is 21.7. The zero-order valence-corrected chi connectivity index (χ0v) is 23.7. The number of H-pyrrole nitrogens is 1. The summed E-state index contributed by atoms with van der Waals surface area (Å²) in [5.41, 5.74) is 0.880. The lowest BCUT2D eigenvalue weighted by Gasteiger charge is -2.31. The fourth-order valence-corrected chi connectivity index (χ4v) is 6.71. The molecule has 3 aromatic heterocycles. The molecule has 0 amide bonds. The van der Waals surface area contributed by atoms with E-state index in [0.717, 1.165) is 49.5 Å². The third-order valence-corrected chi connectivity index (χ3v) is 8.76. The number of pyridine rings is 1. The highest BCUT2D eigenvalue weighted by Crippen LogP contribution is 2.40. The molecule has 0 spiro atoms. The first kappa shape index (κ1) is 26.8. The van der Waals surface area contributed by atoms with E-state index in [1.165, 1.54) is 0 Å². The van der Waals surface area contributed by atoms with Crippen LogP contribution in [0.3, 0.4) is 0 Å². The van der Waals surface area contributed by atoms with Crippen LogP contribution in [-0.4, -0.2) is 71.9 Å². The van der Waals surface area contributed by atoms with Gasteiger partial charge in [0.15, 0.2) is 11.6 Å². The van der Waals surface area contributed by atoms with Gasteiger partial charge in [0.1, 0.15) is 23.6 Å². The van der Waals surface area contributed by atoms with Crippen LogP contribution in [0.5, 0.6) is 12.0 Å². The molecule has 2 fully saturated rings. The second-order valence-corrected chi connectivity index (χ2v) is 11.4. The number of halogens is 2. The summed E-state index contributed by atoms with van der Waals surface area (Å²) in [7, 11) is 0. The summed E-state index contributed by atoms with van der Waals surface area (Å²) in [6.45, 7) is 3.12. The first-order chi connectivity index (χ1) is 20.5. The summed E-state index contributed by atoms with van der Waals surface area (Å²) in [6, 6.07) is 11.1. The largest absolute Gasteiger partial charge is 0.479 e. The molecule has 3 N–H and O–H groups in total. The highest BCUT2D eigenvalue weighted by Gasteiger charge is 2.45. The molecule has 5 heterocycles. The number of hydrogen-bond acceptors (Lipinski definition) is 9. The van der Waals surface area contributed by atoms with E-state index in [4.69, 9.17) is 16.3 Å². The first-order valence-corrected chi connectivity index (χ1v) is 14.6. The third-order valence-electron chi connectivity index (χ3n) is 8.44. The van der Waals surface area contributed by atoms with E-state index in [1.807, 2.05) is 30.3 Å². The maximum Gasteiger partial charge on any atom is 0.319 e. The van der Waals surface area contributed by atoms with Gasteiger partial charge < -0.3 is 15.2 Å². The number of ether oxygens (including phenoxy) is 1. The second kappa shape index (κ2) is 11.0. The van der Waals surface area contributed by atoms with Crippen molar-refractivity contribution >= 4 is 39.1 Å². The molecule has 2 aliphatic heterocycles. The number of aromatic hydroxyl groups is 1. The number of anilines is 1. The molecule has 42 heavy (non-hydrogen) atoms. The molecule has 0 saturated carbocycles. The van der Waals surface area contributed by atoms with Crippen molar-refractivity contribution in [3.8, 4) is 23.3 Å². The lowest BCUT2D eigenvalue weighted by atomic mass is 9.95. The minimum Gasteiger partial charge on any atom is -0.479 e. The van der Waals surface area contributed by atoms with Crippen LogP contribution in [0.4, 0.5) is 10.2 Å². The Kier molecular flexibility index (Phi) is 6.99. The molecule has 0 aliphatic carbocycles. The molecular weight excluding hydrogens is 559 g/mol. The lowest BCUT2D eigenvalue weighted by Crippen LogP contribution is -2.43. The van der Waals surface area contributed by atoms with Crippen LogP contribution in [0, 0.1) is 5.82 Å². The van der Waals surface area contributed by atoms with Gasteiger partial charge in [-0.2, -0.15) is 20.1 Å². The predicted molar refractivity (Wildman–Crippen MR) is 158 cm³/mol. The molecule has 2 aromatic carbocycles. The summed E-state index contributed by atoms with van der Waals surface area (Å²) < 4.78 is 22.7. The van der Waals surface area contributed by atoms with Gasteiger partial charge in [0.25, 0.3) is 0 Å². The Bertz CT molecular complexity index is 1760. The fraction of sp³-hybridized carbons (Fsp3) is 0.367. The first-order valence-electron chi connectivity index (χ1n) is 14.3. The molecule has 0 bridgehead atoms. The third kappa shape index (κ3) is 4.86. The van der Waals surface area contributed by atoms with Gasteiger partial charge in [-0.3, -0.25) is 9.88 Å². The van der Waals surface area contributed by atoms with Crippen LogP contribution in [0.1, 0.15) is 37.9 Å². The Hall–Kier alpha value is -4.09. The molecule has 0 atom stereocenters. The molecular formula is C30H30ClFN8O2. The summed E-state index contributed by atoms with van der Waals surface area (Å²) in [4.78, 5) is 20.2. The Morgan fingerprint density at radius 1 is 1.10 bits per heavy atom. The zero-order chi connectivity index (χ0) is 28.7. The maximum absolute atomic E-state index is 16.4. The van der Waals surface area contributed by atoms with Gasteiger partial charge in [-0.15, -0.1) is 0 Å². The van der Waals surface area contributed by atoms with E-state index in [2.05, 4.69) is 40.3 Å². The van der Waals surface area contributed by atoms with Crippen molar-refractivity contribution < 1.29 is 14.2 Å². The van der Waals surface area contributed by atoms with Gasteiger partial charge in [-0.05, 0) is 56.6 Å². The number of rotatable bonds is 9. The number of nitrogens with one attached hydrogen (secondary N) is 2. The van der Waals surface area contributed by atoms with Gasteiger partial charge in [0.05, 0.1) is 10.9 Å². The zero-order valence-electron chi connectivity index (χ0n) is 22.9. The molecule has 12 heteroatoms. The lowest BCUT2D eigenvalue weighted by molar-refractivity contribution is 0.108. The number of aryl methyl sites for hydroxylation is 1. The highest BCUT2D eigenvalue weighted by molar-refractivity contribution is 6.36. The molecule has 10 nitrogen and oxygen atoms in total. The monoisotopic (exact) mass is 588 g/mol. The van der Waals surface area contributed by atoms with Gasteiger partial charge in [-0.1, -0.05) is 41.9 Å². The standard InChI is InChI=1S/C30H30ClFN8O2/c31-21-9-2-7-18-6-1-8-19(23(18)21)25-24(32)26-20(16-34-25)27(33-13-3-10-22-35-28(41)39-38-22)37-29(36-26)42-17-30-11-4-14-40(30)15-5-12-30/h1-2,6-9,16H,3-5,10-15,17H2,(H,33,36,37)(H2,35,38,39,41). The van der Waals surface area contributed by atoms with Gasteiger partial charge in [0.2, 0.25) is 0 Å². The van der Waals surface area contributed by atoms with Crippen molar-refractivity contribution in [2.24, 2.45) is 0 Å². The van der Waals surface area contributed by atoms with Crippen LogP contribution in [0.15, 0.2) is 42.6 Å². The molecule has 2 saturated heterocycles. The van der Waals surface area contributed by atoms with Crippen LogP contribution in [0.25, 0.3) is 32.9 Å². The number of fused-ring (bicyclic) bond motifs is 3. The Morgan fingerprint density at radius 2 is 1.90 bits per heavy atom. The highest BCUT2D eigenvalue weighted by atomic mass is 35.5. The minimum atomic E-state index is -0.562. The quantitative estimate of drug-likeness (QED) is 0.191. The van der Waals surface area contributed by atoms with E-state index in [0.29, 0.717) is 53.6 Å². The number of nitrogens with zero attached hydrogens (tertiary/aromatic N) is 6. The Labute approximate surface area is 246 Å². The Morgan fingerprint density at radius 3 is 2.69 bits per heavy atom. The Balaban J connectivity index is 1.24. The number of aromatic amines is 1. The summed E-state index contributed by atoms with van der Waals surface area (Å²) >= 11 is 6.56. The van der Waals surface area contributed by atoms with E-state index >= 15 is 4.39 Å². The van der Waals surface area contributed by atoms with Crippen molar-refractivity contribution in [2.45, 2.75) is 44.1 Å². The molecule has 5 aromatic rings. The molecule has 7 rings (SSSR count). The van der Waals surface area contributed by atoms with Crippen LogP contribution in [0.2, 0.25) is 5.02 Å². The van der Waals surface area contributed by atoms with E-state index in [-0.39, 0.29) is 28.8 Å². The summed E-state index contributed by atoms with van der Waals surface area (Å²) in [5.74, 6) is 0.385. The predicted octanol–water partition coefficient (Wildman–Crippen LogP) is 5.51. The fourth-order valence-electron chi connectivity index (χ4n) is 6.43. The average molecular weight is 589 g/mol. The molecule has 0 unspecified atom stereocenters. The maximum atomic E-state index is 16.4. The number of aromatic nitrogens is 6. The average Bonchev–Trinajstić information content (AvgIpc) is 3.70. The molecule has 0 radical (unpaired) electrons. The van der Waals surface area contributed by atoms with E-state index in [9.17, 15) is 5.11 Å². The van der Waals surface area contributed by atoms with Gasteiger partial charge in [0, 0.05) is 35.1 Å². The molecule has 216 valence electrons. The number of hydrogen-bond donors (Lipinski definition) is 3. The van der Waals surface area contributed by atoms with Crippen molar-refractivity contribution in [1.29, 1.82) is 0 Å². The van der Waals surface area contributed by atoms with Crippen molar-refractivity contribution in [2.75, 3.05) is 31.6 Å². The smallest absolute Gasteiger partial charge is 0.319 e. The second-order valence-electron chi connectivity index (χ2n) is 11.0. The van der Waals surface area contributed by atoms with Gasteiger partial charge in [-0.25, -0.2) is 9.49 Å². The van der Waals surface area contributed by atoms with Crippen LogP contribution < -0.4 is 10.1 Å². The van der Waals surface area contributed by atoms with Crippen molar-refractivity contribution in [3.63, 3.8) is 0 Å². The topological polar surface area (TPSA) is 125 Å². The van der Waals surface area contributed by atoms with Gasteiger partial charge >= 0.3 is 12.0 Å². The minimum absolute atomic E-state index is 0.00429. The summed E-state index contributed by atoms with van der Waals surface area (Å²) in [6.07, 6.45) is 7.23. The van der Waals surface area contributed by atoms with Crippen molar-refractivity contribution in [3.05, 3.63) is 59.3 Å². The van der Waals surface area contributed by atoms with E-state index in [1.54, 1.807) is 12.3 Å². The SMILES string of the molecule is Oc1nc(CCCNc2nc(OCC34CCCN3CCC4)nc3c(F)c(-c4cccc5cccc(Cl)c45)ncc23)n[nH]1. The van der Waals surface area contributed by atoms with Crippen LogP contribution in [-0.2, 0) is 6.42 Å². The normalized spacial score (nSPS) is 16.3.